The van der Waals surface area contributed by atoms with E-state index < -0.39 is 0 Å². The summed E-state index contributed by atoms with van der Waals surface area (Å²) in [7, 11) is 1.80. The van der Waals surface area contributed by atoms with E-state index in [4.69, 9.17) is 0 Å². The first kappa shape index (κ1) is 14.5. The van der Waals surface area contributed by atoms with Gasteiger partial charge >= 0.3 is 0 Å². The molecule has 0 saturated carbocycles. The van der Waals surface area contributed by atoms with Crippen LogP contribution in [0.1, 0.15) is 45.1 Å². The number of hydrogen-bond donors (Lipinski definition) is 0. The molecule has 2 heterocycles. The van der Waals surface area contributed by atoms with Gasteiger partial charge in [0.2, 0.25) is 0 Å². The Morgan fingerprint density at radius 1 is 1.32 bits per heavy atom. The lowest BCUT2D eigenvalue weighted by Gasteiger charge is -2.31. The molecule has 0 saturated heterocycles. The van der Waals surface area contributed by atoms with Gasteiger partial charge in [0, 0.05) is 26.1 Å². The van der Waals surface area contributed by atoms with E-state index in [2.05, 4.69) is 17.2 Å². The highest BCUT2D eigenvalue weighted by atomic mass is 16.2. The Morgan fingerprint density at radius 2 is 2.00 bits per heavy atom. The summed E-state index contributed by atoms with van der Waals surface area (Å²) in [6, 6.07) is 10.2. The predicted octanol–water partition coefficient (Wildman–Crippen LogP) is 2.26. The van der Waals surface area contributed by atoms with Gasteiger partial charge in [-0.15, -0.1) is 0 Å². The van der Waals surface area contributed by atoms with E-state index in [1.165, 1.54) is 12.5 Å². The van der Waals surface area contributed by atoms with E-state index in [-0.39, 0.29) is 17.7 Å². The van der Waals surface area contributed by atoms with Crippen molar-refractivity contribution in [2.75, 3.05) is 13.6 Å². The van der Waals surface area contributed by atoms with Crippen LogP contribution in [0.25, 0.3) is 0 Å². The largest absolute Gasteiger partial charge is 0.338 e. The number of hydrogen-bond acceptors (Lipinski definition) is 3. The zero-order chi connectivity index (χ0) is 15.9. The van der Waals surface area contributed by atoms with Crippen molar-refractivity contribution in [1.29, 1.82) is 0 Å². The summed E-state index contributed by atoms with van der Waals surface area (Å²) in [5.74, 6) is -0.171. The molecule has 2 aromatic rings. The fourth-order valence-electron chi connectivity index (χ4n) is 3.07. The van der Waals surface area contributed by atoms with E-state index >= 15 is 0 Å². The first-order valence-corrected chi connectivity index (χ1v) is 7.38. The summed E-state index contributed by atoms with van der Waals surface area (Å²) >= 11 is 0. The number of Topliss-reactive ketones (excluding diaryl/α,β-unsaturated/α-hetero) is 1. The average molecular weight is 297 g/mol. The topological polar surface area (TPSA) is 55.2 Å². The molecule has 0 bridgehead atoms. The summed E-state index contributed by atoms with van der Waals surface area (Å²) in [6.45, 7) is 3.88. The lowest BCUT2D eigenvalue weighted by atomic mass is 10.0. The molecule has 1 atom stereocenters. The van der Waals surface area contributed by atoms with Crippen molar-refractivity contribution in [3.63, 3.8) is 0 Å². The average Bonchev–Trinajstić information content (AvgIpc) is 2.84. The predicted molar refractivity (Wildman–Crippen MR) is 83.1 cm³/mol. The molecule has 5 nitrogen and oxygen atoms in total. The number of carbonyl (C=O) groups is 2. The zero-order valence-electron chi connectivity index (χ0n) is 13.0. The van der Waals surface area contributed by atoms with Crippen molar-refractivity contribution >= 4 is 11.7 Å². The molecule has 22 heavy (non-hydrogen) atoms. The van der Waals surface area contributed by atoms with Gasteiger partial charge in [-0.05, 0) is 18.9 Å². The monoisotopic (exact) mass is 297 g/mol. The smallest absolute Gasteiger partial charge is 0.272 e. The first-order valence-electron chi connectivity index (χ1n) is 7.38. The van der Waals surface area contributed by atoms with Crippen molar-refractivity contribution in [3.05, 3.63) is 52.8 Å². The molecule has 5 heteroatoms. The van der Waals surface area contributed by atoms with Crippen LogP contribution in [0, 0.1) is 6.92 Å². The molecule has 114 valence electrons. The van der Waals surface area contributed by atoms with E-state index in [9.17, 15) is 9.59 Å². The number of likely N-dealkylation sites (N-methyl/N-ethyl adjacent to an activating group) is 1. The molecule has 1 amide bonds. The second-order valence-electron chi connectivity index (χ2n) is 5.85. The molecule has 0 radical (unpaired) electrons. The van der Waals surface area contributed by atoms with Crippen LogP contribution >= 0.6 is 0 Å². The lowest BCUT2D eigenvalue weighted by molar-refractivity contribution is 0.0705. The molecule has 0 spiro atoms. The van der Waals surface area contributed by atoms with Crippen molar-refractivity contribution in [3.8, 4) is 0 Å². The Hall–Kier alpha value is -2.43. The number of ketones is 1. The SMILES string of the molecule is CC(=O)c1nn2c(c1C)C(=O)N(C)CC2Cc1ccccc1. The van der Waals surface area contributed by atoms with E-state index in [0.29, 0.717) is 23.5 Å². The van der Waals surface area contributed by atoms with Gasteiger partial charge in [-0.3, -0.25) is 14.3 Å². The van der Waals surface area contributed by atoms with Gasteiger partial charge in [-0.25, -0.2) is 0 Å². The molecule has 1 aliphatic rings. The quantitative estimate of drug-likeness (QED) is 0.817. The number of amides is 1. The van der Waals surface area contributed by atoms with Gasteiger partial charge < -0.3 is 4.90 Å². The van der Waals surface area contributed by atoms with Gasteiger partial charge in [0.15, 0.2) is 5.78 Å². The van der Waals surface area contributed by atoms with Crippen LogP contribution < -0.4 is 0 Å². The fourth-order valence-corrected chi connectivity index (χ4v) is 3.07. The Labute approximate surface area is 129 Å². The van der Waals surface area contributed by atoms with Crippen molar-refractivity contribution < 1.29 is 9.59 Å². The normalized spacial score (nSPS) is 17.5. The third-order valence-corrected chi connectivity index (χ3v) is 4.17. The third-order valence-electron chi connectivity index (χ3n) is 4.17. The van der Waals surface area contributed by atoms with E-state index in [0.717, 1.165) is 6.42 Å². The zero-order valence-corrected chi connectivity index (χ0v) is 13.0. The summed E-state index contributed by atoms with van der Waals surface area (Å²) < 4.78 is 1.75. The minimum atomic E-state index is -0.103. The van der Waals surface area contributed by atoms with Gasteiger partial charge in [0.05, 0.1) is 6.04 Å². The summed E-state index contributed by atoms with van der Waals surface area (Å²) in [4.78, 5) is 25.9. The number of aromatic nitrogens is 2. The van der Waals surface area contributed by atoms with Crippen LogP contribution in [0.15, 0.2) is 30.3 Å². The third kappa shape index (κ3) is 2.32. The highest BCUT2D eigenvalue weighted by Crippen LogP contribution is 2.27. The second-order valence-corrected chi connectivity index (χ2v) is 5.85. The molecule has 0 fully saturated rings. The van der Waals surface area contributed by atoms with E-state index in [1.54, 1.807) is 23.6 Å². The molecule has 0 N–H and O–H groups in total. The van der Waals surface area contributed by atoms with Gasteiger partial charge in [-0.2, -0.15) is 5.10 Å². The highest BCUT2D eigenvalue weighted by Gasteiger charge is 2.34. The van der Waals surface area contributed by atoms with Crippen LogP contribution in [0.3, 0.4) is 0 Å². The fraction of sp³-hybridized carbons (Fsp3) is 0.353. The van der Waals surface area contributed by atoms with Gasteiger partial charge in [-0.1, -0.05) is 30.3 Å². The maximum Gasteiger partial charge on any atom is 0.272 e. The summed E-state index contributed by atoms with van der Waals surface area (Å²) in [5.41, 5.74) is 2.82. The molecule has 1 aromatic carbocycles. The number of carbonyl (C=O) groups excluding carboxylic acids is 2. The van der Waals surface area contributed by atoms with Gasteiger partial charge in [0.25, 0.3) is 5.91 Å². The van der Waals surface area contributed by atoms with E-state index in [1.807, 2.05) is 18.2 Å². The maximum atomic E-state index is 12.4. The molecule has 0 aliphatic carbocycles. The Balaban J connectivity index is 2.04. The minimum Gasteiger partial charge on any atom is -0.338 e. The summed E-state index contributed by atoms with van der Waals surface area (Å²) in [6.07, 6.45) is 0.782. The number of fused-ring (bicyclic) bond motifs is 1. The van der Waals surface area contributed by atoms with Crippen molar-refractivity contribution in [1.82, 2.24) is 14.7 Å². The van der Waals surface area contributed by atoms with Crippen LogP contribution in [0.4, 0.5) is 0 Å². The number of benzene rings is 1. The minimum absolute atomic E-state index is 0.0481. The van der Waals surface area contributed by atoms with Crippen molar-refractivity contribution in [2.24, 2.45) is 0 Å². The number of nitrogens with zero attached hydrogens (tertiary/aromatic N) is 3. The first-order chi connectivity index (χ1) is 10.5. The second kappa shape index (κ2) is 5.40. The highest BCUT2D eigenvalue weighted by molar-refractivity contribution is 6.00. The lowest BCUT2D eigenvalue weighted by Crippen LogP contribution is -2.41. The summed E-state index contributed by atoms with van der Waals surface area (Å²) in [5, 5.41) is 4.43. The van der Waals surface area contributed by atoms with Crippen LogP contribution in [0.2, 0.25) is 0 Å². The van der Waals surface area contributed by atoms with Crippen molar-refractivity contribution in [2.45, 2.75) is 26.3 Å². The molecule has 1 aliphatic heterocycles. The Morgan fingerprint density at radius 3 is 2.64 bits per heavy atom. The van der Waals surface area contributed by atoms with Crippen LogP contribution in [0.5, 0.6) is 0 Å². The molecular formula is C17H19N3O2. The van der Waals surface area contributed by atoms with Gasteiger partial charge in [0.1, 0.15) is 11.4 Å². The maximum absolute atomic E-state index is 12.4. The Kier molecular flexibility index (Phi) is 3.56. The molecular weight excluding hydrogens is 278 g/mol. The standard InChI is InChI=1S/C17H19N3O2/c1-11-15(12(2)21)18-20-14(9-13-7-5-4-6-8-13)10-19(3)17(22)16(11)20/h4-8,14H,9-10H2,1-3H3. The number of rotatable bonds is 3. The van der Waals surface area contributed by atoms with Crippen LogP contribution in [-0.2, 0) is 6.42 Å². The Bertz CT molecular complexity index is 734. The molecule has 3 rings (SSSR count). The van der Waals surface area contributed by atoms with Crippen LogP contribution in [-0.4, -0.2) is 40.0 Å². The molecule has 1 aromatic heterocycles. The molecule has 1 unspecified atom stereocenters.